The fourth-order valence-electron chi connectivity index (χ4n) is 3.24. The number of nitro groups is 1. The van der Waals surface area contributed by atoms with Gasteiger partial charge in [-0.1, -0.05) is 23.7 Å². The normalized spacial score (nSPS) is 16.5. The van der Waals surface area contributed by atoms with Crippen LogP contribution in [0.25, 0.3) is 0 Å². The second-order valence-electron chi connectivity index (χ2n) is 6.75. The predicted molar refractivity (Wildman–Crippen MR) is 104 cm³/mol. The molecule has 1 saturated heterocycles. The molecule has 2 aromatic rings. The maximum absolute atomic E-state index is 13.3. The summed E-state index contributed by atoms with van der Waals surface area (Å²) in [7, 11) is -4.37. The van der Waals surface area contributed by atoms with E-state index in [1.807, 2.05) is 4.90 Å². The molecule has 30 heavy (non-hydrogen) atoms. The summed E-state index contributed by atoms with van der Waals surface area (Å²) in [6.07, 6.45) is -4.86. The fraction of sp³-hybridized carbons (Fsp3) is 0.333. The molecule has 0 bridgehead atoms. The zero-order valence-electron chi connectivity index (χ0n) is 15.5. The number of benzene rings is 2. The van der Waals surface area contributed by atoms with E-state index in [1.165, 1.54) is 12.1 Å². The maximum Gasteiger partial charge on any atom is 0.417 e. The Morgan fingerprint density at radius 1 is 1.07 bits per heavy atom. The Hall–Kier alpha value is -2.21. The minimum atomic E-state index is -4.86. The molecule has 0 aromatic heterocycles. The highest BCUT2D eigenvalue weighted by atomic mass is 35.5. The van der Waals surface area contributed by atoms with Crippen molar-refractivity contribution in [2.45, 2.75) is 17.6 Å². The molecule has 0 unspecified atom stereocenters. The molecular weight excluding hydrogens is 447 g/mol. The molecule has 0 saturated carbocycles. The number of rotatable bonds is 5. The van der Waals surface area contributed by atoms with Gasteiger partial charge in [-0.2, -0.15) is 17.5 Å². The van der Waals surface area contributed by atoms with Crippen LogP contribution >= 0.6 is 11.6 Å². The van der Waals surface area contributed by atoms with Crippen LogP contribution < -0.4 is 0 Å². The van der Waals surface area contributed by atoms with Crippen LogP contribution in [0.3, 0.4) is 0 Å². The Morgan fingerprint density at radius 3 is 2.33 bits per heavy atom. The standard InChI is InChI=1S/C18H17ClF3N3O4S/c19-14-4-5-17(16(11-14)18(20,21)22)30(28,29)24-8-6-23(7-9-24)12-13-2-1-3-15(10-13)25(26)27/h1-5,10-11H,6-9,12H2. The number of hydrogen-bond donors (Lipinski definition) is 0. The lowest BCUT2D eigenvalue weighted by molar-refractivity contribution is -0.384. The van der Waals surface area contributed by atoms with E-state index >= 15 is 0 Å². The number of hydrogen-bond acceptors (Lipinski definition) is 5. The number of non-ortho nitro benzene ring substituents is 1. The summed E-state index contributed by atoms with van der Waals surface area (Å²) in [4.78, 5) is 11.4. The first-order valence-corrected chi connectivity index (χ1v) is 10.6. The molecule has 7 nitrogen and oxygen atoms in total. The first-order chi connectivity index (χ1) is 14.0. The summed E-state index contributed by atoms with van der Waals surface area (Å²) in [6.45, 7) is 0.909. The van der Waals surface area contributed by atoms with Crippen molar-refractivity contribution in [2.24, 2.45) is 0 Å². The molecule has 0 aliphatic carbocycles. The zero-order valence-corrected chi connectivity index (χ0v) is 17.0. The summed E-state index contributed by atoms with van der Waals surface area (Å²) in [5, 5.41) is 10.7. The number of alkyl halides is 3. The van der Waals surface area contributed by atoms with E-state index < -0.39 is 31.6 Å². The average Bonchev–Trinajstić information content (AvgIpc) is 2.67. The predicted octanol–water partition coefficient (Wildman–Crippen LogP) is 3.77. The maximum atomic E-state index is 13.3. The lowest BCUT2D eigenvalue weighted by Crippen LogP contribution is -2.48. The van der Waals surface area contributed by atoms with Crippen LogP contribution in [0.2, 0.25) is 5.02 Å². The van der Waals surface area contributed by atoms with Gasteiger partial charge in [-0.25, -0.2) is 8.42 Å². The Kier molecular flexibility index (Phi) is 6.37. The van der Waals surface area contributed by atoms with Crippen LogP contribution in [0.5, 0.6) is 0 Å². The molecule has 0 spiro atoms. The smallest absolute Gasteiger partial charge is 0.296 e. The molecule has 2 aromatic carbocycles. The Morgan fingerprint density at radius 2 is 1.73 bits per heavy atom. The second kappa shape index (κ2) is 8.50. The van der Waals surface area contributed by atoms with Gasteiger partial charge in [0, 0.05) is 49.9 Å². The third-order valence-electron chi connectivity index (χ3n) is 4.72. The van der Waals surface area contributed by atoms with E-state index in [-0.39, 0.29) is 36.9 Å². The third kappa shape index (κ3) is 4.91. The van der Waals surface area contributed by atoms with Gasteiger partial charge in [-0.3, -0.25) is 15.0 Å². The van der Waals surface area contributed by atoms with Crippen LogP contribution in [0, 0.1) is 10.1 Å². The molecule has 1 fully saturated rings. The number of halogens is 4. The topological polar surface area (TPSA) is 83.8 Å². The highest BCUT2D eigenvalue weighted by molar-refractivity contribution is 7.89. The van der Waals surface area contributed by atoms with Crippen molar-refractivity contribution in [3.05, 3.63) is 68.7 Å². The van der Waals surface area contributed by atoms with Crippen molar-refractivity contribution in [3.8, 4) is 0 Å². The van der Waals surface area contributed by atoms with Crippen molar-refractivity contribution in [1.82, 2.24) is 9.21 Å². The lowest BCUT2D eigenvalue weighted by atomic mass is 10.2. The van der Waals surface area contributed by atoms with E-state index in [4.69, 9.17) is 11.6 Å². The van der Waals surface area contributed by atoms with Crippen molar-refractivity contribution in [3.63, 3.8) is 0 Å². The van der Waals surface area contributed by atoms with Crippen molar-refractivity contribution >= 4 is 27.3 Å². The number of piperazine rings is 1. The van der Waals surface area contributed by atoms with Gasteiger partial charge in [0.1, 0.15) is 0 Å². The minimum Gasteiger partial charge on any atom is -0.296 e. The molecule has 0 amide bonds. The van der Waals surface area contributed by atoms with Crippen molar-refractivity contribution in [1.29, 1.82) is 0 Å². The zero-order chi connectivity index (χ0) is 22.1. The van der Waals surface area contributed by atoms with Gasteiger partial charge in [0.15, 0.2) is 0 Å². The van der Waals surface area contributed by atoms with Crippen LogP contribution in [-0.2, 0) is 22.7 Å². The van der Waals surface area contributed by atoms with E-state index in [1.54, 1.807) is 12.1 Å². The molecule has 1 aliphatic rings. The van der Waals surface area contributed by atoms with E-state index in [0.29, 0.717) is 18.2 Å². The van der Waals surface area contributed by atoms with Gasteiger partial charge in [-0.15, -0.1) is 0 Å². The average molecular weight is 464 g/mol. The van der Waals surface area contributed by atoms with Crippen LogP contribution in [0.4, 0.5) is 18.9 Å². The Labute approximate surface area is 175 Å². The molecule has 0 N–H and O–H groups in total. The number of nitrogens with zero attached hydrogens (tertiary/aromatic N) is 3. The molecular formula is C18H17ClF3N3O4S. The monoisotopic (exact) mass is 463 g/mol. The molecule has 0 atom stereocenters. The molecule has 0 radical (unpaired) electrons. The van der Waals surface area contributed by atoms with E-state index in [0.717, 1.165) is 16.4 Å². The molecule has 1 aliphatic heterocycles. The summed E-state index contributed by atoms with van der Waals surface area (Å²) in [5.74, 6) is 0. The van der Waals surface area contributed by atoms with Crippen LogP contribution in [0.15, 0.2) is 47.4 Å². The minimum absolute atomic E-state index is 0.00279. The number of nitro benzene ring substituents is 1. The highest BCUT2D eigenvalue weighted by Gasteiger charge is 2.40. The summed E-state index contributed by atoms with van der Waals surface area (Å²) < 4.78 is 66.7. The lowest BCUT2D eigenvalue weighted by Gasteiger charge is -2.34. The quantitative estimate of drug-likeness (QED) is 0.498. The first kappa shape index (κ1) is 22.5. The second-order valence-corrected chi connectivity index (χ2v) is 9.09. The van der Waals surface area contributed by atoms with Gasteiger partial charge in [0.05, 0.1) is 15.4 Å². The number of sulfonamides is 1. The van der Waals surface area contributed by atoms with Crippen LogP contribution in [0.1, 0.15) is 11.1 Å². The van der Waals surface area contributed by atoms with Gasteiger partial charge in [-0.05, 0) is 23.8 Å². The molecule has 3 rings (SSSR count). The molecule has 162 valence electrons. The van der Waals surface area contributed by atoms with E-state index in [2.05, 4.69) is 0 Å². The van der Waals surface area contributed by atoms with E-state index in [9.17, 15) is 31.7 Å². The Bertz CT molecular complexity index is 1050. The Balaban J connectivity index is 1.73. The molecule has 1 heterocycles. The highest BCUT2D eigenvalue weighted by Crippen LogP contribution is 2.37. The SMILES string of the molecule is O=[N+]([O-])c1cccc(CN2CCN(S(=O)(=O)c3ccc(Cl)cc3C(F)(F)F)CC2)c1. The fourth-order valence-corrected chi connectivity index (χ4v) is 5.03. The van der Waals surface area contributed by atoms with Crippen molar-refractivity contribution < 1.29 is 26.5 Å². The third-order valence-corrected chi connectivity index (χ3v) is 6.92. The summed E-state index contributed by atoms with van der Waals surface area (Å²) in [6, 6.07) is 8.68. The van der Waals surface area contributed by atoms with Gasteiger partial charge in [0.2, 0.25) is 10.0 Å². The van der Waals surface area contributed by atoms with Gasteiger partial charge < -0.3 is 0 Å². The van der Waals surface area contributed by atoms with Gasteiger partial charge in [0.25, 0.3) is 5.69 Å². The molecule has 12 heteroatoms. The van der Waals surface area contributed by atoms with Crippen LogP contribution in [-0.4, -0.2) is 48.7 Å². The summed E-state index contributed by atoms with van der Waals surface area (Å²) in [5.41, 5.74) is -0.650. The van der Waals surface area contributed by atoms with Gasteiger partial charge >= 0.3 is 6.18 Å². The first-order valence-electron chi connectivity index (χ1n) is 8.81. The van der Waals surface area contributed by atoms with Crippen molar-refractivity contribution in [2.75, 3.05) is 26.2 Å². The summed E-state index contributed by atoms with van der Waals surface area (Å²) >= 11 is 5.63. The largest absolute Gasteiger partial charge is 0.417 e.